The first-order valence-electron chi connectivity index (χ1n) is 15.9. The van der Waals surface area contributed by atoms with Gasteiger partial charge in [0.25, 0.3) is 8.32 Å². The highest BCUT2D eigenvalue weighted by Gasteiger charge is 2.46. The summed E-state index contributed by atoms with van der Waals surface area (Å²) >= 11 is 0. The van der Waals surface area contributed by atoms with Crippen molar-refractivity contribution in [3.05, 3.63) is 200 Å². The van der Waals surface area contributed by atoms with Crippen LogP contribution in [-0.4, -0.2) is 15.4 Å². The highest BCUT2D eigenvalue weighted by molar-refractivity contribution is 7.81. The van der Waals surface area contributed by atoms with Crippen LogP contribution in [0.3, 0.4) is 0 Å². The Morgan fingerprint density at radius 3 is 0.936 bits per heavy atom. The fourth-order valence-electron chi connectivity index (χ4n) is 6.56. The molecule has 0 radical (unpaired) electrons. The van der Waals surface area contributed by atoms with E-state index in [9.17, 15) is 0 Å². The number of benzene rings is 7. The summed E-state index contributed by atoms with van der Waals surface area (Å²) < 4.78 is 7.18. The van der Waals surface area contributed by atoms with E-state index in [1.807, 2.05) is 7.11 Å². The van der Waals surface area contributed by atoms with Crippen molar-refractivity contribution in [3.63, 3.8) is 0 Å². The summed E-state index contributed by atoms with van der Waals surface area (Å²) in [5.41, 5.74) is 0. The van der Waals surface area contributed by atoms with Crippen molar-refractivity contribution in [2.75, 3.05) is 7.11 Å². The van der Waals surface area contributed by atoms with Crippen molar-refractivity contribution < 1.29 is 4.43 Å². The molecule has 0 N–H and O–H groups in total. The summed E-state index contributed by atoms with van der Waals surface area (Å²) in [4.78, 5) is 0. The van der Waals surface area contributed by atoms with Gasteiger partial charge < -0.3 is 4.43 Å². The Hall–Kier alpha value is -4.42. The molecule has 0 fully saturated rings. The molecule has 0 aliphatic rings. The Bertz CT molecular complexity index is 1820. The average molecular weight is 659 g/mol. The molecule has 0 aromatic heterocycles. The van der Waals surface area contributed by atoms with E-state index >= 15 is 0 Å². The lowest BCUT2D eigenvalue weighted by atomic mass is 10.3. The Kier molecular flexibility index (Phi) is 9.66. The van der Waals surface area contributed by atoms with Gasteiger partial charge in [-0.15, -0.1) is 0 Å². The molecule has 0 spiro atoms. The second-order valence-corrected chi connectivity index (χ2v) is 19.1. The molecule has 0 amide bonds. The van der Waals surface area contributed by atoms with E-state index in [4.69, 9.17) is 4.43 Å². The zero-order chi connectivity index (χ0) is 31.9. The number of rotatable bonds is 10. The Balaban J connectivity index is 1.55. The summed E-state index contributed by atoms with van der Waals surface area (Å²) in [5.74, 6) is 0. The minimum Gasteiger partial charge on any atom is -0.408 e. The van der Waals surface area contributed by atoms with E-state index in [2.05, 4.69) is 200 Å². The van der Waals surface area contributed by atoms with Gasteiger partial charge in [0.1, 0.15) is 0 Å². The SMILES string of the molecule is CO[Si](c1ccccc1)(c1ccccc1P(c1ccccc1)c1ccccc1)c1ccccc1P(c1ccccc1)c1ccccc1. The van der Waals surface area contributed by atoms with Gasteiger partial charge >= 0.3 is 0 Å². The van der Waals surface area contributed by atoms with Crippen LogP contribution in [0.1, 0.15) is 0 Å². The summed E-state index contributed by atoms with van der Waals surface area (Å²) in [6.45, 7) is 0. The van der Waals surface area contributed by atoms with Crippen LogP contribution in [0.4, 0.5) is 0 Å². The molecule has 47 heavy (non-hydrogen) atoms. The van der Waals surface area contributed by atoms with Gasteiger partial charge in [-0.05, 0) is 63.2 Å². The maximum atomic E-state index is 7.18. The van der Waals surface area contributed by atoms with E-state index in [1.54, 1.807) is 0 Å². The lowest BCUT2D eigenvalue weighted by Crippen LogP contribution is -2.74. The average Bonchev–Trinajstić information content (AvgIpc) is 3.16. The first-order valence-corrected chi connectivity index (χ1v) is 20.5. The third-order valence-corrected chi connectivity index (χ3v) is 18.2. The molecule has 0 aliphatic carbocycles. The van der Waals surface area contributed by atoms with E-state index in [-0.39, 0.29) is 0 Å². The summed E-state index contributed by atoms with van der Waals surface area (Å²) in [7, 11) is -2.91. The van der Waals surface area contributed by atoms with Crippen molar-refractivity contribution in [2.24, 2.45) is 0 Å². The molecule has 1 nitrogen and oxygen atoms in total. The molecule has 0 unspecified atom stereocenters. The van der Waals surface area contributed by atoms with E-state index in [1.165, 1.54) is 47.4 Å². The van der Waals surface area contributed by atoms with Crippen LogP contribution in [0.5, 0.6) is 0 Å². The summed E-state index contributed by atoms with van der Waals surface area (Å²) in [6.07, 6.45) is 0. The summed E-state index contributed by atoms with van der Waals surface area (Å²) in [6, 6.07) is 73.2. The number of hydrogen-bond acceptors (Lipinski definition) is 1. The molecule has 228 valence electrons. The van der Waals surface area contributed by atoms with Crippen molar-refractivity contribution in [3.8, 4) is 0 Å². The molecule has 0 atom stereocenters. The molecule has 7 rings (SSSR count). The van der Waals surface area contributed by atoms with E-state index < -0.39 is 24.2 Å². The second kappa shape index (κ2) is 14.6. The third-order valence-electron chi connectivity index (χ3n) is 8.59. The monoisotopic (exact) mass is 658 g/mol. The molecule has 0 bridgehead atoms. The van der Waals surface area contributed by atoms with Gasteiger partial charge in [-0.1, -0.05) is 200 Å². The van der Waals surface area contributed by atoms with Gasteiger partial charge in [0.2, 0.25) is 0 Å². The predicted molar refractivity (Wildman–Crippen MR) is 208 cm³/mol. The Morgan fingerprint density at radius 2 is 0.617 bits per heavy atom. The van der Waals surface area contributed by atoms with Crippen LogP contribution >= 0.6 is 15.8 Å². The fourth-order valence-corrected chi connectivity index (χ4v) is 16.7. The normalized spacial score (nSPS) is 11.6. The maximum Gasteiger partial charge on any atom is 0.289 e. The first-order chi connectivity index (χ1) is 23.3. The smallest absolute Gasteiger partial charge is 0.289 e. The fraction of sp³-hybridized carbons (Fsp3) is 0.0233. The van der Waals surface area contributed by atoms with Gasteiger partial charge in [0, 0.05) is 7.11 Å². The predicted octanol–water partition coefficient (Wildman–Crippen LogP) is 5.82. The maximum absolute atomic E-state index is 7.18. The van der Waals surface area contributed by atoms with Gasteiger partial charge in [-0.2, -0.15) is 0 Å². The van der Waals surface area contributed by atoms with Crippen LogP contribution in [0.2, 0.25) is 0 Å². The molecule has 0 heterocycles. The standard InChI is InChI=1S/C43H36OP2Si/c1-44-47(39-29-15-6-16-30-39,42-33-19-17-31-40(42)45(35-21-7-2-8-22-35)36-23-9-3-10-24-36)43-34-20-18-32-41(43)46(37-25-11-4-12-26-37)38-27-13-5-14-28-38/h2-34H,1H3. The van der Waals surface area contributed by atoms with E-state index in [0.29, 0.717) is 0 Å². The van der Waals surface area contributed by atoms with Gasteiger partial charge in [0.05, 0.1) is 0 Å². The molecule has 0 saturated carbocycles. The van der Waals surface area contributed by atoms with Gasteiger partial charge in [0.15, 0.2) is 0 Å². The van der Waals surface area contributed by atoms with Crippen molar-refractivity contribution in [1.29, 1.82) is 0 Å². The van der Waals surface area contributed by atoms with Crippen molar-refractivity contribution >= 4 is 71.5 Å². The topological polar surface area (TPSA) is 9.23 Å². The molecule has 0 aliphatic heterocycles. The summed E-state index contributed by atoms with van der Waals surface area (Å²) in [5, 5.41) is 11.9. The largest absolute Gasteiger partial charge is 0.408 e. The quantitative estimate of drug-likeness (QED) is 0.102. The van der Waals surface area contributed by atoms with Gasteiger partial charge in [-0.25, -0.2) is 0 Å². The van der Waals surface area contributed by atoms with Gasteiger partial charge in [-0.3, -0.25) is 0 Å². The van der Waals surface area contributed by atoms with Crippen LogP contribution in [0.15, 0.2) is 200 Å². The molecule has 7 aromatic carbocycles. The Morgan fingerprint density at radius 1 is 0.340 bits per heavy atom. The lowest BCUT2D eigenvalue weighted by Gasteiger charge is -2.37. The number of hydrogen-bond donors (Lipinski definition) is 0. The highest BCUT2D eigenvalue weighted by Crippen LogP contribution is 2.35. The highest BCUT2D eigenvalue weighted by atomic mass is 31.1. The first kappa shape index (κ1) is 31.2. The van der Waals surface area contributed by atoms with Crippen molar-refractivity contribution in [2.45, 2.75) is 0 Å². The third kappa shape index (κ3) is 6.19. The van der Waals surface area contributed by atoms with Crippen LogP contribution in [0, 0.1) is 0 Å². The zero-order valence-electron chi connectivity index (χ0n) is 26.4. The molecule has 0 saturated heterocycles. The molecular weight excluding hydrogens is 623 g/mol. The van der Waals surface area contributed by atoms with E-state index in [0.717, 1.165) is 0 Å². The minimum atomic E-state index is -3.11. The van der Waals surface area contributed by atoms with Crippen molar-refractivity contribution in [1.82, 2.24) is 0 Å². The molecular formula is C43H36OP2Si. The lowest BCUT2D eigenvalue weighted by molar-refractivity contribution is 0.427. The van der Waals surface area contributed by atoms with Crippen LogP contribution < -0.4 is 47.4 Å². The van der Waals surface area contributed by atoms with Crippen LogP contribution in [-0.2, 0) is 4.43 Å². The molecule has 7 aromatic rings. The zero-order valence-corrected chi connectivity index (χ0v) is 29.1. The Labute approximate surface area is 282 Å². The second-order valence-electron chi connectivity index (χ2n) is 11.3. The molecule has 4 heteroatoms. The van der Waals surface area contributed by atoms with Crippen LogP contribution in [0.25, 0.3) is 0 Å². The minimum absolute atomic E-state index is 0.870.